The van der Waals surface area contributed by atoms with Crippen molar-refractivity contribution in [1.82, 2.24) is 15.2 Å². The lowest BCUT2D eigenvalue weighted by Gasteiger charge is -2.10. The van der Waals surface area contributed by atoms with Crippen molar-refractivity contribution in [2.75, 3.05) is 0 Å². The number of para-hydroxylation sites is 1. The van der Waals surface area contributed by atoms with E-state index in [0.717, 1.165) is 27.7 Å². The molecule has 3 aromatic rings. The molecule has 0 aliphatic carbocycles. The number of hydrogen-bond donors (Lipinski definition) is 2. The fraction of sp³-hybridized carbons (Fsp3) is 0.200. The summed E-state index contributed by atoms with van der Waals surface area (Å²) in [5.41, 5.74) is 3.67. The lowest BCUT2D eigenvalue weighted by Crippen LogP contribution is -2.17. The Bertz CT molecular complexity index is 785. The average molecular weight is 253 g/mol. The van der Waals surface area contributed by atoms with E-state index < -0.39 is 0 Å². The first kappa shape index (κ1) is 11.7. The third kappa shape index (κ3) is 1.95. The largest absolute Gasteiger partial charge is 0.361 e. The highest BCUT2D eigenvalue weighted by Gasteiger charge is 2.16. The van der Waals surface area contributed by atoms with E-state index in [1.807, 2.05) is 44.3 Å². The van der Waals surface area contributed by atoms with Crippen molar-refractivity contribution < 1.29 is 0 Å². The zero-order valence-corrected chi connectivity index (χ0v) is 10.9. The first-order chi connectivity index (χ1) is 9.16. The third-order valence-corrected chi connectivity index (χ3v) is 3.51. The topological polar surface area (TPSA) is 61.5 Å². The molecule has 0 radical (unpaired) electrons. The van der Waals surface area contributed by atoms with Gasteiger partial charge in [-0.25, -0.2) is 5.10 Å². The normalized spacial score (nSPS) is 12.7. The van der Waals surface area contributed by atoms with Gasteiger partial charge in [0.15, 0.2) is 0 Å². The maximum absolute atomic E-state index is 11.9. The summed E-state index contributed by atoms with van der Waals surface area (Å²) in [7, 11) is 0. The predicted octanol–water partition coefficient (Wildman–Crippen LogP) is 2.71. The lowest BCUT2D eigenvalue weighted by atomic mass is 9.94. The number of nitrogens with one attached hydrogen (secondary N) is 2. The average Bonchev–Trinajstić information content (AvgIpc) is 2.84. The molecule has 4 heteroatoms. The summed E-state index contributed by atoms with van der Waals surface area (Å²) < 4.78 is 0. The van der Waals surface area contributed by atoms with Crippen LogP contribution in [0.3, 0.4) is 0 Å². The molecule has 2 N–H and O–H groups in total. The molecular weight excluding hydrogens is 238 g/mol. The van der Waals surface area contributed by atoms with Gasteiger partial charge in [-0.2, -0.15) is 5.10 Å². The SMILES string of the molecule is Cc1cc([C@H](C)c2c[nH]c3ccccc23)c(=O)[nH]n1. The molecule has 96 valence electrons. The standard InChI is InChI=1S/C15H15N3O/c1-9-7-12(15(19)18-17-9)10(2)13-8-16-14-6-4-3-5-11(13)14/h3-8,10,16H,1-2H3,(H,18,19)/t10-/m0/s1. The number of rotatable bonds is 2. The van der Waals surface area contributed by atoms with E-state index in [2.05, 4.69) is 21.2 Å². The van der Waals surface area contributed by atoms with Gasteiger partial charge >= 0.3 is 0 Å². The molecular formula is C15H15N3O. The molecule has 0 amide bonds. The minimum atomic E-state index is -0.122. The molecule has 2 heterocycles. The summed E-state index contributed by atoms with van der Waals surface area (Å²) >= 11 is 0. The van der Waals surface area contributed by atoms with Crippen molar-refractivity contribution in [2.24, 2.45) is 0 Å². The Morgan fingerprint density at radius 2 is 2.00 bits per heavy atom. The molecule has 4 nitrogen and oxygen atoms in total. The summed E-state index contributed by atoms with van der Waals surface area (Å²) in [6.07, 6.45) is 1.98. The number of hydrogen-bond acceptors (Lipinski definition) is 2. The molecule has 1 atom stereocenters. The van der Waals surface area contributed by atoms with E-state index in [-0.39, 0.29) is 11.5 Å². The van der Waals surface area contributed by atoms with E-state index in [1.54, 1.807) is 0 Å². The van der Waals surface area contributed by atoms with Crippen molar-refractivity contribution in [3.8, 4) is 0 Å². The summed E-state index contributed by atoms with van der Waals surface area (Å²) in [5.74, 6) is 0.0293. The molecule has 3 rings (SSSR count). The Morgan fingerprint density at radius 1 is 1.21 bits per heavy atom. The minimum Gasteiger partial charge on any atom is -0.361 e. The quantitative estimate of drug-likeness (QED) is 0.737. The summed E-state index contributed by atoms with van der Waals surface area (Å²) in [4.78, 5) is 15.2. The minimum absolute atomic E-state index is 0.0293. The predicted molar refractivity (Wildman–Crippen MR) is 75.4 cm³/mol. The fourth-order valence-corrected chi connectivity index (χ4v) is 2.47. The highest BCUT2D eigenvalue weighted by Crippen LogP contribution is 2.28. The van der Waals surface area contributed by atoms with Gasteiger partial charge in [0, 0.05) is 28.6 Å². The van der Waals surface area contributed by atoms with Crippen molar-refractivity contribution in [3.63, 3.8) is 0 Å². The second kappa shape index (κ2) is 4.39. The zero-order valence-electron chi connectivity index (χ0n) is 10.9. The fourth-order valence-electron chi connectivity index (χ4n) is 2.47. The molecule has 0 aliphatic rings. The second-order valence-electron chi connectivity index (χ2n) is 4.81. The summed E-state index contributed by atoms with van der Waals surface area (Å²) in [6.45, 7) is 3.92. The van der Waals surface area contributed by atoms with Crippen LogP contribution in [-0.2, 0) is 0 Å². The van der Waals surface area contributed by atoms with E-state index in [9.17, 15) is 4.79 Å². The maximum atomic E-state index is 11.9. The first-order valence-corrected chi connectivity index (χ1v) is 6.29. The first-order valence-electron chi connectivity index (χ1n) is 6.29. The van der Waals surface area contributed by atoms with Crippen LogP contribution in [0.25, 0.3) is 10.9 Å². The zero-order chi connectivity index (χ0) is 13.4. The van der Waals surface area contributed by atoms with Gasteiger partial charge in [0.25, 0.3) is 5.56 Å². The number of H-pyrrole nitrogens is 2. The summed E-state index contributed by atoms with van der Waals surface area (Å²) in [5, 5.41) is 7.62. The van der Waals surface area contributed by atoms with Crippen molar-refractivity contribution >= 4 is 10.9 Å². The number of benzene rings is 1. The second-order valence-corrected chi connectivity index (χ2v) is 4.81. The van der Waals surface area contributed by atoms with Crippen molar-refractivity contribution in [1.29, 1.82) is 0 Å². The van der Waals surface area contributed by atoms with Crippen LogP contribution in [0.2, 0.25) is 0 Å². The Labute approximate surface area is 110 Å². The van der Waals surface area contributed by atoms with Gasteiger partial charge in [0.2, 0.25) is 0 Å². The molecule has 0 saturated heterocycles. The molecule has 0 fully saturated rings. The van der Waals surface area contributed by atoms with Gasteiger partial charge in [0.1, 0.15) is 0 Å². The van der Waals surface area contributed by atoms with Gasteiger partial charge in [0.05, 0.1) is 5.69 Å². The van der Waals surface area contributed by atoms with Gasteiger partial charge in [-0.3, -0.25) is 4.79 Å². The van der Waals surface area contributed by atoms with E-state index in [4.69, 9.17) is 0 Å². The summed E-state index contributed by atoms with van der Waals surface area (Å²) in [6, 6.07) is 9.96. The molecule has 0 aliphatic heterocycles. The van der Waals surface area contributed by atoms with Gasteiger partial charge < -0.3 is 4.98 Å². The Kier molecular flexibility index (Phi) is 2.71. The molecule has 0 unspecified atom stereocenters. The lowest BCUT2D eigenvalue weighted by molar-refractivity contribution is 0.847. The van der Waals surface area contributed by atoms with Crippen LogP contribution < -0.4 is 5.56 Å². The van der Waals surface area contributed by atoms with Gasteiger partial charge in [-0.15, -0.1) is 0 Å². The number of aryl methyl sites for hydroxylation is 1. The van der Waals surface area contributed by atoms with Gasteiger partial charge in [-0.05, 0) is 24.6 Å². The maximum Gasteiger partial charge on any atom is 0.267 e. The van der Waals surface area contributed by atoms with Crippen LogP contribution >= 0.6 is 0 Å². The number of aromatic nitrogens is 3. The molecule has 1 aromatic carbocycles. The highest BCUT2D eigenvalue weighted by atomic mass is 16.1. The van der Waals surface area contributed by atoms with Crippen LogP contribution in [-0.4, -0.2) is 15.2 Å². The van der Waals surface area contributed by atoms with Crippen LogP contribution in [0, 0.1) is 6.92 Å². The van der Waals surface area contributed by atoms with E-state index >= 15 is 0 Å². The molecule has 0 saturated carbocycles. The van der Waals surface area contributed by atoms with Crippen LogP contribution in [0.1, 0.15) is 29.7 Å². The Hall–Kier alpha value is -2.36. The Balaban J connectivity index is 2.16. The third-order valence-electron chi connectivity index (χ3n) is 3.51. The highest BCUT2D eigenvalue weighted by molar-refractivity contribution is 5.84. The van der Waals surface area contributed by atoms with Crippen molar-refractivity contribution in [3.05, 3.63) is 63.7 Å². The van der Waals surface area contributed by atoms with Crippen LogP contribution in [0.4, 0.5) is 0 Å². The van der Waals surface area contributed by atoms with Crippen LogP contribution in [0.5, 0.6) is 0 Å². The number of nitrogens with zero attached hydrogens (tertiary/aromatic N) is 1. The molecule has 0 bridgehead atoms. The monoisotopic (exact) mass is 253 g/mol. The molecule has 2 aromatic heterocycles. The van der Waals surface area contributed by atoms with Crippen LogP contribution in [0.15, 0.2) is 41.3 Å². The smallest absolute Gasteiger partial charge is 0.267 e. The van der Waals surface area contributed by atoms with Gasteiger partial charge in [-0.1, -0.05) is 25.1 Å². The Morgan fingerprint density at radius 3 is 2.84 bits per heavy atom. The number of fused-ring (bicyclic) bond motifs is 1. The van der Waals surface area contributed by atoms with E-state index in [1.165, 1.54) is 0 Å². The molecule has 19 heavy (non-hydrogen) atoms. The molecule has 0 spiro atoms. The van der Waals surface area contributed by atoms with E-state index in [0.29, 0.717) is 0 Å². The van der Waals surface area contributed by atoms with Crippen molar-refractivity contribution in [2.45, 2.75) is 19.8 Å². The number of aromatic amines is 2.